The Morgan fingerprint density at radius 3 is 2.67 bits per heavy atom. The van der Waals surface area contributed by atoms with Crippen molar-refractivity contribution in [3.05, 3.63) is 88.8 Å². The highest BCUT2D eigenvalue weighted by Gasteiger charge is 2.09. The molecule has 2 N–H and O–H groups in total. The third kappa shape index (κ3) is 5.53. The van der Waals surface area contributed by atoms with Gasteiger partial charge in [-0.15, -0.1) is 0 Å². The van der Waals surface area contributed by atoms with Gasteiger partial charge in [0.05, 0.1) is 5.02 Å². The molecule has 0 radical (unpaired) electrons. The molecular formula is C21H19ClFN3O. The van der Waals surface area contributed by atoms with Crippen molar-refractivity contribution in [3.8, 4) is 0 Å². The lowest BCUT2D eigenvalue weighted by molar-refractivity contribution is 0.102. The van der Waals surface area contributed by atoms with E-state index in [1.807, 2.05) is 18.2 Å². The summed E-state index contributed by atoms with van der Waals surface area (Å²) >= 11 is 5.74. The lowest BCUT2D eigenvalue weighted by Gasteiger charge is -2.09. The van der Waals surface area contributed by atoms with E-state index in [1.165, 1.54) is 23.8 Å². The second kappa shape index (κ2) is 9.14. The number of anilines is 2. The van der Waals surface area contributed by atoms with Crippen molar-refractivity contribution >= 4 is 29.0 Å². The van der Waals surface area contributed by atoms with Crippen LogP contribution in [0.4, 0.5) is 15.9 Å². The fourth-order valence-electron chi connectivity index (χ4n) is 2.60. The van der Waals surface area contributed by atoms with E-state index in [0.717, 1.165) is 19.4 Å². The predicted octanol–water partition coefficient (Wildman–Crippen LogP) is 5.17. The van der Waals surface area contributed by atoms with Crippen LogP contribution in [0.3, 0.4) is 0 Å². The Morgan fingerprint density at radius 1 is 1.07 bits per heavy atom. The van der Waals surface area contributed by atoms with Crippen LogP contribution in [0.1, 0.15) is 22.3 Å². The molecule has 1 heterocycles. The minimum Gasteiger partial charge on any atom is -0.370 e. The number of aryl methyl sites for hydroxylation is 1. The monoisotopic (exact) mass is 383 g/mol. The Hall–Kier alpha value is -2.92. The lowest BCUT2D eigenvalue weighted by atomic mass is 10.1. The first-order chi connectivity index (χ1) is 13.1. The predicted molar refractivity (Wildman–Crippen MR) is 107 cm³/mol. The van der Waals surface area contributed by atoms with E-state index in [4.69, 9.17) is 11.6 Å². The Morgan fingerprint density at radius 2 is 1.89 bits per heavy atom. The maximum atomic E-state index is 13.2. The minimum atomic E-state index is -0.527. The summed E-state index contributed by atoms with van der Waals surface area (Å²) in [5.41, 5.74) is 2.18. The molecule has 0 aliphatic heterocycles. The summed E-state index contributed by atoms with van der Waals surface area (Å²) < 4.78 is 13.2. The summed E-state index contributed by atoms with van der Waals surface area (Å²) in [5, 5.41) is 5.89. The summed E-state index contributed by atoms with van der Waals surface area (Å²) in [6.45, 7) is 0.751. The van der Waals surface area contributed by atoms with Crippen molar-refractivity contribution in [2.45, 2.75) is 12.8 Å². The maximum absolute atomic E-state index is 13.2. The normalized spacial score (nSPS) is 10.4. The molecule has 1 aromatic heterocycles. The van der Waals surface area contributed by atoms with Gasteiger partial charge in [0.2, 0.25) is 0 Å². The first-order valence-electron chi connectivity index (χ1n) is 8.62. The molecule has 4 nitrogen and oxygen atoms in total. The van der Waals surface area contributed by atoms with Crippen LogP contribution in [0.15, 0.2) is 66.9 Å². The zero-order valence-corrected chi connectivity index (χ0v) is 15.3. The molecule has 0 saturated carbocycles. The third-order valence-corrected chi connectivity index (χ3v) is 4.28. The van der Waals surface area contributed by atoms with Crippen LogP contribution < -0.4 is 10.6 Å². The minimum absolute atomic E-state index is 0.0386. The Balaban J connectivity index is 1.54. The zero-order chi connectivity index (χ0) is 19.1. The molecule has 0 aliphatic rings. The first kappa shape index (κ1) is 18.9. The number of amides is 1. The lowest BCUT2D eigenvalue weighted by Crippen LogP contribution is -2.13. The van der Waals surface area contributed by atoms with E-state index in [1.54, 1.807) is 18.3 Å². The number of hydrogen-bond donors (Lipinski definition) is 2. The topological polar surface area (TPSA) is 54.0 Å². The van der Waals surface area contributed by atoms with Gasteiger partial charge in [-0.25, -0.2) is 9.37 Å². The summed E-state index contributed by atoms with van der Waals surface area (Å²) in [7, 11) is 0. The van der Waals surface area contributed by atoms with Crippen LogP contribution in [-0.2, 0) is 6.42 Å². The summed E-state index contributed by atoms with van der Waals surface area (Å²) in [6.07, 6.45) is 3.50. The smallest absolute Gasteiger partial charge is 0.255 e. The first-order valence-corrected chi connectivity index (χ1v) is 9.00. The van der Waals surface area contributed by atoms with Crippen LogP contribution in [0.2, 0.25) is 5.02 Å². The summed E-state index contributed by atoms with van der Waals surface area (Å²) in [4.78, 5) is 16.6. The molecule has 0 bridgehead atoms. The number of carbonyl (C=O) groups excluding carboxylic acids is 1. The highest BCUT2D eigenvalue weighted by molar-refractivity contribution is 6.31. The molecule has 27 heavy (non-hydrogen) atoms. The number of nitrogens with zero attached hydrogens (tertiary/aromatic N) is 1. The molecule has 2 aromatic carbocycles. The van der Waals surface area contributed by atoms with Gasteiger partial charge in [-0.05, 0) is 48.7 Å². The number of hydrogen-bond acceptors (Lipinski definition) is 3. The van der Waals surface area contributed by atoms with Crippen LogP contribution in [-0.4, -0.2) is 17.4 Å². The van der Waals surface area contributed by atoms with E-state index < -0.39 is 5.82 Å². The van der Waals surface area contributed by atoms with Gasteiger partial charge in [0, 0.05) is 24.0 Å². The largest absolute Gasteiger partial charge is 0.370 e. The molecule has 0 aliphatic carbocycles. The van der Waals surface area contributed by atoms with Crippen molar-refractivity contribution in [2.24, 2.45) is 0 Å². The maximum Gasteiger partial charge on any atom is 0.255 e. The third-order valence-electron chi connectivity index (χ3n) is 3.99. The Kier molecular flexibility index (Phi) is 6.39. The van der Waals surface area contributed by atoms with Gasteiger partial charge >= 0.3 is 0 Å². The number of halogens is 2. The van der Waals surface area contributed by atoms with Crippen LogP contribution >= 0.6 is 11.6 Å². The van der Waals surface area contributed by atoms with Crippen LogP contribution in [0.25, 0.3) is 0 Å². The summed E-state index contributed by atoms with van der Waals surface area (Å²) in [5.74, 6) is -0.208. The van der Waals surface area contributed by atoms with Crippen molar-refractivity contribution in [3.63, 3.8) is 0 Å². The average Bonchev–Trinajstić information content (AvgIpc) is 2.69. The highest BCUT2D eigenvalue weighted by atomic mass is 35.5. The number of benzene rings is 2. The number of nitrogens with one attached hydrogen (secondary N) is 2. The summed E-state index contributed by atoms with van der Waals surface area (Å²) in [6, 6.07) is 17.6. The molecule has 0 spiro atoms. The van der Waals surface area contributed by atoms with Gasteiger partial charge in [-0.1, -0.05) is 41.9 Å². The molecule has 6 heteroatoms. The van der Waals surface area contributed by atoms with Crippen molar-refractivity contribution in [1.29, 1.82) is 0 Å². The van der Waals surface area contributed by atoms with Crippen molar-refractivity contribution in [1.82, 2.24) is 4.98 Å². The second-order valence-electron chi connectivity index (χ2n) is 6.03. The van der Waals surface area contributed by atoms with Crippen LogP contribution in [0, 0.1) is 5.82 Å². The van der Waals surface area contributed by atoms with Gasteiger partial charge in [0.15, 0.2) is 0 Å². The van der Waals surface area contributed by atoms with Gasteiger partial charge in [-0.2, -0.15) is 0 Å². The van der Waals surface area contributed by atoms with Gasteiger partial charge in [0.1, 0.15) is 11.6 Å². The van der Waals surface area contributed by atoms with E-state index in [0.29, 0.717) is 17.1 Å². The quantitative estimate of drug-likeness (QED) is 0.553. The fourth-order valence-corrected chi connectivity index (χ4v) is 2.78. The molecular weight excluding hydrogens is 365 g/mol. The van der Waals surface area contributed by atoms with E-state index >= 15 is 0 Å². The number of aromatic nitrogens is 1. The van der Waals surface area contributed by atoms with Crippen molar-refractivity contribution in [2.75, 3.05) is 17.2 Å². The molecule has 3 aromatic rings. The molecule has 0 unspecified atom stereocenters. The fraction of sp³-hybridized carbons (Fsp3) is 0.143. The molecule has 0 atom stereocenters. The molecule has 138 valence electrons. The van der Waals surface area contributed by atoms with E-state index in [9.17, 15) is 9.18 Å². The number of pyridine rings is 1. The van der Waals surface area contributed by atoms with Crippen LogP contribution in [0.5, 0.6) is 0 Å². The molecule has 1 amide bonds. The molecule has 0 fully saturated rings. The second-order valence-corrected chi connectivity index (χ2v) is 6.44. The number of carbonyl (C=O) groups is 1. The zero-order valence-electron chi connectivity index (χ0n) is 14.6. The van der Waals surface area contributed by atoms with E-state index in [2.05, 4.69) is 27.8 Å². The van der Waals surface area contributed by atoms with Gasteiger partial charge < -0.3 is 10.6 Å². The van der Waals surface area contributed by atoms with Gasteiger partial charge in [0.25, 0.3) is 5.91 Å². The van der Waals surface area contributed by atoms with E-state index in [-0.39, 0.29) is 10.9 Å². The SMILES string of the molecule is O=C(Nc1ccc(F)c(Cl)c1)c1ccnc(NCCCc2ccccc2)c1. The van der Waals surface area contributed by atoms with Gasteiger partial charge in [-0.3, -0.25) is 4.79 Å². The Labute approximate surface area is 162 Å². The Bertz CT molecular complexity index is 918. The molecule has 3 rings (SSSR count). The number of rotatable bonds is 7. The molecule has 0 saturated heterocycles. The highest BCUT2D eigenvalue weighted by Crippen LogP contribution is 2.20. The van der Waals surface area contributed by atoms with Crippen molar-refractivity contribution < 1.29 is 9.18 Å². The average molecular weight is 384 g/mol. The standard InChI is InChI=1S/C21H19ClFN3O/c22-18-14-17(8-9-19(18)23)26-21(27)16-10-12-25-20(13-16)24-11-4-7-15-5-2-1-3-6-15/h1-3,5-6,8-10,12-14H,4,7,11H2,(H,24,25)(H,26,27).